The molecule has 9 heteroatoms. The van der Waals surface area contributed by atoms with Crippen molar-refractivity contribution >= 4 is 32.6 Å². The van der Waals surface area contributed by atoms with Gasteiger partial charge in [-0.2, -0.15) is 0 Å². The zero-order chi connectivity index (χ0) is 21.1. The molecule has 0 unspecified atom stereocenters. The molecule has 1 aliphatic rings. The first-order chi connectivity index (χ1) is 14.5. The Morgan fingerprint density at radius 3 is 2.73 bits per heavy atom. The monoisotopic (exact) mass is 433 g/mol. The van der Waals surface area contributed by atoms with Gasteiger partial charge in [0.15, 0.2) is 16.8 Å². The number of thiazole rings is 1. The number of methoxy groups -OCH3 is 1. The van der Waals surface area contributed by atoms with Crippen molar-refractivity contribution in [2.45, 2.75) is 0 Å². The zero-order valence-corrected chi connectivity index (χ0v) is 17.3. The van der Waals surface area contributed by atoms with E-state index in [4.69, 9.17) is 9.47 Å². The van der Waals surface area contributed by atoms with E-state index in [2.05, 4.69) is 9.88 Å². The number of hydrogen-bond acceptors (Lipinski definition) is 6. The van der Waals surface area contributed by atoms with Crippen LogP contribution in [0.15, 0.2) is 36.4 Å². The Morgan fingerprint density at radius 1 is 1.20 bits per heavy atom. The van der Waals surface area contributed by atoms with Gasteiger partial charge in [-0.05, 0) is 30.3 Å². The molecule has 0 aliphatic carbocycles. The highest BCUT2D eigenvalue weighted by Crippen LogP contribution is 2.32. The zero-order valence-electron chi connectivity index (χ0n) is 16.4. The number of hydrogen-bond donors (Lipinski definition) is 0. The first-order valence-electron chi connectivity index (χ1n) is 9.57. The minimum Gasteiger partial charge on any atom is -0.497 e. The smallest absolute Gasteiger partial charge is 0.260 e. The van der Waals surface area contributed by atoms with Crippen molar-refractivity contribution < 1.29 is 23.0 Å². The van der Waals surface area contributed by atoms with E-state index in [0.717, 1.165) is 29.9 Å². The first kappa shape index (κ1) is 20.6. The summed E-state index contributed by atoms with van der Waals surface area (Å²) in [4.78, 5) is 21.5. The number of rotatable bonds is 6. The number of amides is 1. The van der Waals surface area contributed by atoms with E-state index < -0.39 is 17.5 Å². The summed E-state index contributed by atoms with van der Waals surface area (Å²) in [5.74, 6) is -1.79. The van der Waals surface area contributed by atoms with E-state index in [1.807, 2.05) is 12.1 Å². The van der Waals surface area contributed by atoms with Crippen molar-refractivity contribution in [3.05, 3.63) is 53.6 Å². The maximum absolute atomic E-state index is 13.7. The number of aromatic nitrogens is 1. The van der Waals surface area contributed by atoms with Crippen LogP contribution >= 0.6 is 11.3 Å². The highest BCUT2D eigenvalue weighted by atomic mass is 32.1. The van der Waals surface area contributed by atoms with Gasteiger partial charge in [0, 0.05) is 37.8 Å². The van der Waals surface area contributed by atoms with Gasteiger partial charge >= 0.3 is 0 Å². The average Bonchev–Trinajstić information content (AvgIpc) is 3.19. The number of ether oxygens (including phenoxy) is 2. The quantitative estimate of drug-likeness (QED) is 0.595. The van der Waals surface area contributed by atoms with Crippen molar-refractivity contribution in [3.63, 3.8) is 0 Å². The van der Waals surface area contributed by atoms with Crippen molar-refractivity contribution in [2.24, 2.45) is 0 Å². The van der Waals surface area contributed by atoms with Crippen molar-refractivity contribution in [1.82, 2.24) is 9.88 Å². The lowest BCUT2D eigenvalue weighted by Gasteiger charge is -2.29. The van der Waals surface area contributed by atoms with Gasteiger partial charge in [0.2, 0.25) is 0 Å². The molecule has 4 rings (SSSR count). The maximum atomic E-state index is 13.7. The lowest BCUT2D eigenvalue weighted by Crippen LogP contribution is -2.43. The SMILES string of the molecule is COc1ccc2sc(N(CCN3CCOCC3)C(=O)c3ccc(F)c(F)c3)nc2c1. The topological polar surface area (TPSA) is 54.9 Å². The number of anilines is 1. The molecule has 158 valence electrons. The average molecular weight is 433 g/mol. The molecule has 0 bridgehead atoms. The number of nitrogens with zero attached hydrogens (tertiary/aromatic N) is 3. The van der Waals surface area contributed by atoms with Gasteiger partial charge in [-0.3, -0.25) is 14.6 Å². The second kappa shape index (κ2) is 9.03. The van der Waals surface area contributed by atoms with Gasteiger partial charge in [-0.25, -0.2) is 13.8 Å². The van der Waals surface area contributed by atoms with E-state index in [-0.39, 0.29) is 5.56 Å². The fourth-order valence-corrected chi connectivity index (χ4v) is 4.24. The van der Waals surface area contributed by atoms with Crippen LogP contribution in [0, 0.1) is 11.6 Å². The summed E-state index contributed by atoms with van der Waals surface area (Å²) in [6.07, 6.45) is 0. The van der Waals surface area contributed by atoms with Gasteiger partial charge in [-0.15, -0.1) is 0 Å². The van der Waals surface area contributed by atoms with Crippen LogP contribution in [0.1, 0.15) is 10.4 Å². The Morgan fingerprint density at radius 2 is 2.00 bits per heavy atom. The maximum Gasteiger partial charge on any atom is 0.260 e. The van der Waals surface area contributed by atoms with Crippen LogP contribution in [0.4, 0.5) is 13.9 Å². The molecule has 1 saturated heterocycles. The molecule has 1 fully saturated rings. The van der Waals surface area contributed by atoms with Crippen molar-refractivity contribution in [1.29, 1.82) is 0 Å². The second-order valence-corrected chi connectivity index (χ2v) is 7.88. The third-order valence-electron chi connectivity index (χ3n) is 4.97. The molecule has 1 amide bonds. The van der Waals surface area contributed by atoms with Gasteiger partial charge in [-0.1, -0.05) is 11.3 Å². The van der Waals surface area contributed by atoms with Crippen LogP contribution in [0.3, 0.4) is 0 Å². The molecule has 0 N–H and O–H groups in total. The number of morpholine rings is 1. The lowest BCUT2D eigenvalue weighted by atomic mass is 10.2. The van der Waals surface area contributed by atoms with E-state index in [1.54, 1.807) is 13.2 Å². The third kappa shape index (κ3) is 4.43. The first-order valence-corrected chi connectivity index (χ1v) is 10.4. The molecule has 1 aromatic heterocycles. The van der Waals surface area contributed by atoms with Crippen LogP contribution < -0.4 is 9.64 Å². The van der Waals surface area contributed by atoms with E-state index in [1.165, 1.54) is 22.3 Å². The summed E-state index contributed by atoms with van der Waals surface area (Å²) in [6, 6.07) is 8.70. The van der Waals surface area contributed by atoms with E-state index in [0.29, 0.717) is 42.7 Å². The van der Waals surface area contributed by atoms with Crippen molar-refractivity contribution in [2.75, 3.05) is 51.4 Å². The summed E-state index contributed by atoms with van der Waals surface area (Å²) < 4.78 is 38.6. The highest BCUT2D eigenvalue weighted by Gasteiger charge is 2.24. The Balaban J connectivity index is 1.65. The predicted molar refractivity (Wildman–Crippen MR) is 111 cm³/mol. The van der Waals surface area contributed by atoms with Crippen LogP contribution in [-0.4, -0.2) is 62.3 Å². The molecule has 2 aromatic carbocycles. The van der Waals surface area contributed by atoms with Gasteiger partial charge in [0.1, 0.15) is 5.75 Å². The van der Waals surface area contributed by atoms with Crippen LogP contribution in [0.5, 0.6) is 5.75 Å². The predicted octanol–water partition coefficient (Wildman–Crippen LogP) is 3.56. The fraction of sp³-hybridized carbons (Fsp3) is 0.333. The Bertz CT molecular complexity index is 1050. The van der Waals surface area contributed by atoms with E-state index >= 15 is 0 Å². The molecule has 6 nitrogen and oxygen atoms in total. The molecule has 0 atom stereocenters. The highest BCUT2D eigenvalue weighted by molar-refractivity contribution is 7.22. The largest absolute Gasteiger partial charge is 0.497 e. The third-order valence-corrected chi connectivity index (χ3v) is 6.03. The molecule has 0 saturated carbocycles. The summed E-state index contributed by atoms with van der Waals surface area (Å²) in [5, 5.41) is 0.501. The summed E-state index contributed by atoms with van der Waals surface area (Å²) in [5.41, 5.74) is 0.788. The van der Waals surface area contributed by atoms with Crippen LogP contribution in [0.25, 0.3) is 10.2 Å². The molecule has 1 aliphatic heterocycles. The molecular weight excluding hydrogens is 412 g/mol. The van der Waals surface area contributed by atoms with Crippen LogP contribution in [-0.2, 0) is 4.74 Å². The summed E-state index contributed by atoms with van der Waals surface area (Å²) in [7, 11) is 1.58. The minimum atomic E-state index is -1.05. The standard InChI is InChI=1S/C21H21F2N3O3S/c1-28-15-3-5-19-18(13-15)24-21(30-19)26(7-6-25-8-10-29-11-9-25)20(27)14-2-4-16(22)17(23)12-14/h2-5,12-13H,6-11H2,1H3. The minimum absolute atomic E-state index is 0.0766. The summed E-state index contributed by atoms with van der Waals surface area (Å²) in [6.45, 7) is 3.86. The Kier molecular flexibility index (Phi) is 6.21. The molecule has 3 aromatic rings. The number of carbonyl (C=O) groups excluding carboxylic acids is 1. The number of halogens is 2. The Labute approximate surface area is 176 Å². The van der Waals surface area contributed by atoms with Gasteiger partial charge in [0.25, 0.3) is 5.91 Å². The second-order valence-electron chi connectivity index (χ2n) is 6.87. The molecule has 30 heavy (non-hydrogen) atoms. The van der Waals surface area contributed by atoms with Gasteiger partial charge < -0.3 is 9.47 Å². The van der Waals surface area contributed by atoms with Gasteiger partial charge in [0.05, 0.1) is 30.5 Å². The fourth-order valence-electron chi connectivity index (χ4n) is 3.27. The molecule has 0 radical (unpaired) electrons. The molecule has 2 heterocycles. The van der Waals surface area contributed by atoms with Crippen LogP contribution in [0.2, 0.25) is 0 Å². The molecule has 0 spiro atoms. The molecular formula is C21H21F2N3O3S. The summed E-state index contributed by atoms with van der Waals surface area (Å²) >= 11 is 1.37. The number of benzene rings is 2. The van der Waals surface area contributed by atoms with E-state index in [9.17, 15) is 13.6 Å². The van der Waals surface area contributed by atoms with Crippen molar-refractivity contribution in [3.8, 4) is 5.75 Å². The normalized spacial score (nSPS) is 14.8. The number of carbonyl (C=O) groups is 1. The lowest BCUT2D eigenvalue weighted by molar-refractivity contribution is 0.0391. The number of fused-ring (bicyclic) bond motifs is 1. The Hall–Kier alpha value is -2.62.